The maximum atomic E-state index is 6.07. The largest absolute Gasteiger partial charge is 0.389 e. The van der Waals surface area contributed by atoms with Gasteiger partial charge in [-0.15, -0.1) is 0 Å². The van der Waals surface area contributed by atoms with Crippen LogP contribution in [0, 0.1) is 0 Å². The molecule has 82 valence electrons. The van der Waals surface area contributed by atoms with E-state index in [0.29, 0.717) is 0 Å². The van der Waals surface area contributed by atoms with Gasteiger partial charge in [-0.05, 0) is 30.6 Å². The molecule has 0 amide bonds. The Balaban J connectivity index is 2.58. The van der Waals surface area contributed by atoms with Gasteiger partial charge in [-0.25, -0.2) is 0 Å². The molecule has 1 aliphatic rings. The van der Waals surface area contributed by atoms with Crippen molar-refractivity contribution in [2.24, 2.45) is 0 Å². The monoisotopic (exact) mass is 214 g/mol. The van der Waals surface area contributed by atoms with Crippen molar-refractivity contribution in [3.05, 3.63) is 12.2 Å². The van der Waals surface area contributed by atoms with E-state index in [1.54, 1.807) is 0 Å². The molecule has 1 aliphatic heterocycles. The number of ether oxygens (including phenoxy) is 1. The highest BCUT2D eigenvalue weighted by atomic mass is 28.4. The van der Waals surface area contributed by atoms with Gasteiger partial charge in [-0.1, -0.05) is 26.8 Å². The minimum absolute atomic E-state index is 0.107. The summed E-state index contributed by atoms with van der Waals surface area (Å²) in [6, 6.07) is 0. The first-order chi connectivity index (χ1) is 6.33. The fourth-order valence-corrected chi connectivity index (χ4v) is 2.14. The van der Waals surface area contributed by atoms with Crippen molar-refractivity contribution in [2.45, 2.75) is 51.6 Å². The molecular formula is C11H22O2Si. The summed E-state index contributed by atoms with van der Waals surface area (Å²) >= 11 is 0. The quantitative estimate of drug-likeness (QED) is 0.518. The van der Waals surface area contributed by atoms with Crippen LogP contribution in [0.1, 0.15) is 27.2 Å². The van der Waals surface area contributed by atoms with Gasteiger partial charge in [0.1, 0.15) is 0 Å². The highest BCUT2D eigenvalue weighted by Crippen LogP contribution is 2.37. The summed E-state index contributed by atoms with van der Waals surface area (Å²) in [5.41, 5.74) is 0. The summed E-state index contributed by atoms with van der Waals surface area (Å²) in [6.45, 7) is 12.0. The first-order valence-corrected chi connectivity index (χ1v) is 8.20. The van der Waals surface area contributed by atoms with Crippen LogP contribution in [0.2, 0.25) is 18.1 Å². The van der Waals surface area contributed by atoms with Crippen molar-refractivity contribution in [1.82, 2.24) is 0 Å². The molecule has 3 heteroatoms. The molecule has 1 unspecified atom stereocenters. The van der Waals surface area contributed by atoms with Gasteiger partial charge in [0.2, 0.25) is 0 Å². The second kappa shape index (κ2) is 4.17. The van der Waals surface area contributed by atoms with Gasteiger partial charge in [0.05, 0.1) is 6.61 Å². The molecule has 1 rings (SSSR count). The Labute approximate surface area is 88.4 Å². The summed E-state index contributed by atoms with van der Waals surface area (Å²) in [5, 5.41) is 0.252. The molecule has 0 radical (unpaired) electrons. The molecule has 0 fully saturated rings. The van der Waals surface area contributed by atoms with Gasteiger partial charge < -0.3 is 9.16 Å². The van der Waals surface area contributed by atoms with E-state index < -0.39 is 8.32 Å². The molecule has 0 aromatic rings. The van der Waals surface area contributed by atoms with E-state index in [9.17, 15) is 0 Å². The lowest BCUT2D eigenvalue weighted by Gasteiger charge is -2.38. The van der Waals surface area contributed by atoms with Crippen LogP contribution in [-0.2, 0) is 9.16 Å². The van der Waals surface area contributed by atoms with Gasteiger partial charge in [-0.3, -0.25) is 0 Å². The third kappa shape index (κ3) is 2.94. The summed E-state index contributed by atoms with van der Waals surface area (Å²) in [4.78, 5) is 0. The Morgan fingerprint density at radius 1 is 1.36 bits per heavy atom. The molecule has 0 saturated carbocycles. The van der Waals surface area contributed by atoms with Crippen molar-refractivity contribution in [3.8, 4) is 0 Å². The first-order valence-electron chi connectivity index (χ1n) is 5.29. The fraction of sp³-hybridized carbons (Fsp3) is 0.818. The molecule has 0 saturated heterocycles. The average Bonchev–Trinajstić information content (AvgIpc) is 2.03. The summed E-state index contributed by atoms with van der Waals surface area (Å²) in [7, 11) is -1.67. The standard InChI is InChI=1S/C11H22O2Si/c1-11(2,3)14(4,5)13-10-8-6-7-9-12-10/h6,8,10H,7,9H2,1-5H3. The third-order valence-electron chi connectivity index (χ3n) is 3.08. The SMILES string of the molecule is CC(C)(C)[Si](C)(C)OC1C=CCCO1. The molecular weight excluding hydrogens is 192 g/mol. The predicted molar refractivity (Wildman–Crippen MR) is 61.8 cm³/mol. The highest BCUT2D eigenvalue weighted by Gasteiger charge is 2.39. The minimum Gasteiger partial charge on any atom is -0.389 e. The van der Waals surface area contributed by atoms with Crippen LogP contribution < -0.4 is 0 Å². The Hall–Kier alpha value is -0.123. The van der Waals surface area contributed by atoms with Crippen molar-refractivity contribution in [3.63, 3.8) is 0 Å². The van der Waals surface area contributed by atoms with Gasteiger partial charge in [0.25, 0.3) is 0 Å². The second-order valence-corrected chi connectivity index (χ2v) is 10.1. The van der Waals surface area contributed by atoms with E-state index in [4.69, 9.17) is 9.16 Å². The molecule has 2 nitrogen and oxygen atoms in total. The smallest absolute Gasteiger partial charge is 0.195 e. The first kappa shape index (κ1) is 11.9. The topological polar surface area (TPSA) is 18.5 Å². The maximum absolute atomic E-state index is 6.07. The third-order valence-corrected chi connectivity index (χ3v) is 7.51. The van der Waals surface area contributed by atoms with E-state index >= 15 is 0 Å². The lowest BCUT2D eigenvalue weighted by atomic mass is 10.2. The fourth-order valence-electron chi connectivity index (χ4n) is 1.06. The van der Waals surface area contributed by atoms with Crippen LogP contribution >= 0.6 is 0 Å². The normalized spacial score (nSPS) is 23.9. The molecule has 1 atom stereocenters. The zero-order valence-corrected chi connectivity index (χ0v) is 11.0. The Morgan fingerprint density at radius 3 is 2.43 bits per heavy atom. The molecule has 0 N–H and O–H groups in total. The number of rotatable bonds is 2. The summed E-state index contributed by atoms with van der Waals surface area (Å²) < 4.78 is 11.6. The van der Waals surface area contributed by atoms with Crippen LogP contribution in [-0.4, -0.2) is 21.2 Å². The van der Waals surface area contributed by atoms with Crippen LogP contribution in [0.25, 0.3) is 0 Å². The zero-order chi connectivity index (χ0) is 10.8. The van der Waals surface area contributed by atoms with E-state index in [1.165, 1.54) is 0 Å². The van der Waals surface area contributed by atoms with Crippen LogP contribution in [0.15, 0.2) is 12.2 Å². The maximum Gasteiger partial charge on any atom is 0.195 e. The molecule has 0 aromatic heterocycles. The molecule has 0 aromatic carbocycles. The lowest BCUT2D eigenvalue weighted by molar-refractivity contribution is -0.0589. The van der Waals surface area contributed by atoms with E-state index in [-0.39, 0.29) is 11.3 Å². The van der Waals surface area contributed by atoms with E-state index in [1.807, 2.05) is 6.08 Å². The molecule has 14 heavy (non-hydrogen) atoms. The Morgan fingerprint density at radius 2 is 2.00 bits per heavy atom. The van der Waals surface area contributed by atoms with Gasteiger partial charge in [0.15, 0.2) is 14.6 Å². The Bertz CT molecular complexity index is 216. The molecule has 0 bridgehead atoms. The summed E-state index contributed by atoms with van der Waals surface area (Å²) in [5.74, 6) is 0. The van der Waals surface area contributed by atoms with Crippen LogP contribution in [0.5, 0.6) is 0 Å². The second-order valence-electron chi connectivity index (χ2n) is 5.33. The predicted octanol–water partition coefficient (Wildman–Crippen LogP) is 3.31. The lowest BCUT2D eigenvalue weighted by Crippen LogP contribution is -2.44. The van der Waals surface area contributed by atoms with Crippen molar-refractivity contribution in [1.29, 1.82) is 0 Å². The summed E-state index contributed by atoms with van der Waals surface area (Å²) in [6.07, 6.45) is 5.08. The average molecular weight is 214 g/mol. The number of hydrogen-bond donors (Lipinski definition) is 0. The van der Waals surface area contributed by atoms with Crippen molar-refractivity contribution < 1.29 is 9.16 Å². The van der Waals surface area contributed by atoms with Crippen LogP contribution in [0.3, 0.4) is 0 Å². The number of hydrogen-bond acceptors (Lipinski definition) is 2. The zero-order valence-electron chi connectivity index (χ0n) is 9.96. The van der Waals surface area contributed by atoms with Gasteiger partial charge >= 0.3 is 0 Å². The van der Waals surface area contributed by atoms with E-state index in [0.717, 1.165) is 13.0 Å². The van der Waals surface area contributed by atoms with E-state index in [2.05, 4.69) is 39.9 Å². The van der Waals surface area contributed by atoms with Crippen LogP contribution in [0.4, 0.5) is 0 Å². The Kier molecular flexibility index (Phi) is 3.56. The molecule has 0 aliphatic carbocycles. The molecule has 1 heterocycles. The molecule has 0 spiro atoms. The van der Waals surface area contributed by atoms with Gasteiger partial charge in [0, 0.05) is 0 Å². The highest BCUT2D eigenvalue weighted by molar-refractivity contribution is 6.74. The van der Waals surface area contributed by atoms with Crippen molar-refractivity contribution >= 4 is 8.32 Å². The van der Waals surface area contributed by atoms with Gasteiger partial charge in [-0.2, -0.15) is 0 Å². The minimum atomic E-state index is -1.67. The van der Waals surface area contributed by atoms with Crippen molar-refractivity contribution in [2.75, 3.05) is 6.61 Å².